The summed E-state index contributed by atoms with van der Waals surface area (Å²) in [5.41, 5.74) is 3.11. The summed E-state index contributed by atoms with van der Waals surface area (Å²) < 4.78 is 1.03. The largest absolute Gasteiger partial charge is 0.358 e. The number of hydrogen-bond donors (Lipinski definition) is 0. The van der Waals surface area contributed by atoms with Crippen LogP contribution in [0.1, 0.15) is 59.1 Å². The van der Waals surface area contributed by atoms with Gasteiger partial charge in [0.1, 0.15) is 4.32 Å². The van der Waals surface area contributed by atoms with Gasteiger partial charge >= 0.3 is 0 Å². The van der Waals surface area contributed by atoms with Crippen molar-refractivity contribution in [2.24, 2.45) is 5.92 Å². The lowest BCUT2D eigenvalue weighted by molar-refractivity contribution is 0.399. The molecule has 0 amide bonds. The highest BCUT2D eigenvalue weighted by Crippen LogP contribution is 2.30. The Morgan fingerprint density at radius 2 is 1.70 bits per heavy atom. The summed E-state index contributed by atoms with van der Waals surface area (Å²) in [7, 11) is 0. The number of aryl methyl sites for hydroxylation is 1. The topological polar surface area (TPSA) is 3.24 Å². The third kappa shape index (κ3) is 6.84. The molecule has 0 heterocycles. The maximum Gasteiger partial charge on any atom is 0.136 e. The van der Waals surface area contributed by atoms with Crippen molar-refractivity contribution in [2.45, 2.75) is 59.8 Å². The lowest BCUT2D eigenvalue weighted by Gasteiger charge is -2.27. The number of nitrogens with zero attached hydrogens (tertiary/aromatic N) is 1. The summed E-state index contributed by atoms with van der Waals surface area (Å²) in [6, 6.07) is 9.20. The SMILES string of the molecule is CCN(CC)C(=S)SCCc1ccc(C(C)(C)CC(C)C)cc1. The summed E-state index contributed by atoms with van der Waals surface area (Å²) >= 11 is 7.29. The standard InChI is InChI=1S/C20H33NS2/c1-7-21(8-2)19(22)23-14-13-17-9-11-18(12-10-17)20(5,6)15-16(3)4/h9-12,16H,7-8,13-15H2,1-6H3. The highest BCUT2D eigenvalue weighted by Gasteiger charge is 2.21. The van der Waals surface area contributed by atoms with E-state index in [0.717, 1.165) is 35.5 Å². The number of rotatable bonds is 8. The van der Waals surface area contributed by atoms with Crippen LogP contribution in [0.4, 0.5) is 0 Å². The van der Waals surface area contributed by atoms with Gasteiger partial charge in [0.25, 0.3) is 0 Å². The van der Waals surface area contributed by atoms with Crippen molar-refractivity contribution in [1.82, 2.24) is 4.90 Å². The maximum atomic E-state index is 5.49. The van der Waals surface area contributed by atoms with Crippen molar-refractivity contribution in [2.75, 3.05) is 18.8 Å². The lowest BCUT2D eigenvalue weighted by Crippen LogP contribution is -2.26. The minimum absolute atomic E-state index is 0.256. The molecule has 23 heavy (non-hydrogen) atoms. The number of hydrogen-bond acceptors (Lipinski definition) is 2. The Hall–Kier alpha value is -0.540. The fourth-order valence-corrected chi connectivity index (χ4v) is 4.55. The Morgan fingerprint density at radius 3 is 2.17 bits per heavy atom. The van der Waals surface area contributed by atoms with Gasteiger partial charge in [0.2, 0.25) is 0 Å². The van der Waals surface area contributed by atoms with Crippen molar-refractivity contribution >= 4 is 28.3 Å². The van der Waals surface area contributed by atoms with E-state index in [2.05, 4.69) is 70.7 Å². The third-order valence-electron chi connectivity index (χ3n) is 4.29. The van der Waals surface area contributed by atoms with E-state index in [1.54, 1.807) is 11.8 Å². The molecule has 0 N–H and O–H groups in total. The van der Waals surface area contributed by atoms with E-state index in [0.29, 0.717) is 0 Å². The van der Waals surface area contributed by atoms with Crippen LogP contribution in [-0.2, 0) is 11.8 Å². The zero-order valence-electron chi connectivity index (χ0n) is 15.7. The normalized spacial score (nSPS) is 11.8. The van der Waals surface area contributed by atoms with Crippen molar-refractivity contribution in [3.8, 4) is 0 Å². The molecule has 0 saturated heterocycles. The zero-order chi connectivity index (χ0) is 17.5. The highest BCUT2D eigenvalue weighted by molar-refractivity contribution is 8.22. The Kier molecular flexibility index (Phi) is 8.63. The van der Waals surface area contributed by atoms with Crippen molar-refractivity contribution < 1.29 is 0 Å². The van der Waals surface area contributed by atoms with Crippen LogP contribution in [0, 0.1) is 5.92 Å². The molecule has 0 aliphatic rings. The molecule has 3 heteroatoms. The minimum Gasteiger partial charge on any atom is -0.358 e. The molecule has 130 valence electrons. The fraction of sp³-hybridized carbons (Fsp3) is 0.650. The van der Waals surface area contributed by atoms with E-state index in [9.17, 15) is 0 Å². The quantitative estimate of drug-likeness (QED) is 0.536. The molecule has 0 aliphatic heterocycles. The van der Waals surface area contributed by atoms with Gasteiger partial charge in [-0.15, -0.1) is 0 Å². The zero-order valence-corrected chi connectivity index (χ0v) is 17.3. The summed E-state index contributed by atoms with van der Waals surface area (Å²) in [4.78, 5) is 2.25. The van der Waals surface area contributed by atoms with E-state index >= 15 is 0 Å². The molecule has 0 spiro atoms. The second-order valence-corrected chi connectivity index (χ2v) is 8.94. The van der Waals surface area contributed by atoms with Gasteiger partial charge < -0.3 is 4.90 Å². The Balaban J connectivity index is 2.53. The molecule has 0 atom stereocenters. The molecule has 1 nitrogen and oxygen atoms in total. The van der Waals surface area contributed by atoms with Gasteiger partial charge in [0, 0.05) is 18.8 Å². The molecule has 0 saturated carbocycles. The first-order valence-corrected chi connectivity index (χ1v) is 10.2. The van der Waals surface area contributed by atoms with Gasteiger partial charge in [-0.25, -0.2) is 0 Å². The second-order valence-electron chi connectivity index (χ2n) is 7.22. The Bertz CT molecular complexity index is 473. The van der Waals surface area contributed by atoms with Crippen LogP contribution in [0.25, 0.3) is 0 Å². The summed E-state index contributed by atoms with van der Waals surface area (Å²) in [5.74, 6) is 1.78. The van der Waals surface area contributed by atoms with Crippen LogP contribution in [0.2, 0.25) is 0 Å². The van der Waals surface area contributed by atoms with Gasteiger partial charge in [-0.05, 0) is 49.1 Å². The van der Waals surface area contributed by atoms with E-state index in [-0.39, 0.29) is 5.41 Å². The van der Waals surface area contributed by atoms with E-state index in [1.807, 2.05) is 0 Å². The van der Waals surface area contributed by atoms with Crippen LogP contribution in [0.3, 0.4) is 0 Å². The molecular weight excluding hydrogens is 318 g/mol. The van der Waals surface area contributed by atoms with E-state index in [1.165, 1.54) is 17.5 Å². The average molecular weight is 352 g/mol. The van der Waals surface area contributed by atoms with E-state index in [4.69, 9.17) is 12.2 Å². The van der Waals surface area contributed by atoms with Crippen LogP contribution in [-0.4, -0.2) is 28.1 Å². The molecule has 1 aromatic carbocycles. The fourth-order valence-electron chi connectivity index (χ4n) is 3.09. The van der Waals surface area contributed by atoms with Crippen molar-refractivity contribution in [1.29, 1.82) is 0 Å². The van der Waals surface area contributed by atoms with Crippen LogP contribution >= 0.6 is 24.0 Å². The first-order valence-electron chi connectivity index (χ1n) is 8.81. The molecule has 0 fully saturated rings. The molecule has 1 aromatic rings. The number of benzene rings is 1. The predicted molar refractivity (Wildman–Crippen MR) is 111 cm³/mol. The van der Waals surface area contributed by atoms with Crippen molar-refractivity contribution in [3.63, 3.8) is 0 Å². The first-order chi connectivity index (χ1) is 10.8. The second kappa shape index (κ2) is 9.68. The Labute approximate surface area is 153 Å². The third-order valence-corrected chi connectivity index (χ3v) is 5.82. The highest BCUT2D eigenvalue weighted by atomic mass is 32.2. The predicted octanol–water partition coefficient (Wildman–Crippen LogP) is 5.91. The maximum absolute atomic E-state index is 5.49. The lowest BCUT2D eigenvalue weighted by atomic mass is 9.78. The summed E-state index contributed by atoms with van der Waals surface area (Å²) in [5, 5.41) is 0. The van der Waals surface area contributed by atoms with Gasteiger partial charge in [-0.3, -0.25) is 0 Å². The van der Waals surface area contributed by atoms with Gasteiger partial charge in [0.05, 0.1) is 0 Å². The molecule has 1 rings (SSSR count). The monoisotopic (exact) mass is 351 g/mol. The van der Waals surface area contributed by atoms with Crippen LogP contribution < -0.4 is 0 Å². The molecule has 0 aromatic heterocycles. The van der Waals surface area contributed by atoms with Gasteiger partial charge in [0.15, 0.2) is 0 Å². The molecular formula is C20H33NS2. The average Bonchev–Trinajstić information content (AvgIpc) is 2.47. The Morgan fingerprint density at radius 1 is 1.13 bits per heavy atom. The smallest absolute Gasteiger partial charge is 0.136 e. The summed E-state index contributed by atoms with van der Waals surface area (Å²) in [6.45, 7) is 15.6. The minimum atomic E-state index is 0.256. The molecule has 0 radical (unpaired) electrons. The summed E-state index contributed by atoms with van der Waals surface area (Å²) in [6.07, 6.45) is 2.30. The first kappa shape index (κ1) is 20.5. The van der Waals surface area contributed by atoms with Gasteiger partial charge in [-0.1, -0.05) is 75.9 Å². The number of thioether (sulfide) groups is 1. The molecule has 0 unspecified atom stereocenters. The molecule has 0 bridgehead atoms. The number of thiocarbonyl (C=S) groups is 1. The molecule has 0 aliphatic carbocycles. The van der Waals surface area contributed by atoms with Crippen LogP contribution in [0.5, 0.6) is 0 Å². The van der Waals surface area contributed by atoms with Crippen molar-refractivity contribution in [3.05, 3.63) is 35.4 Å². The van der Waals surface area contributed by atoms with Gasteiger partial charge in [-0.2, -0.15) is 0 Å². The van der Waals surface area contributed by atoms with Crippen LogP contribution in [0.15, 0.2) is 24.3 Å². The van der Waals surface area contributed by atoms with E-state index < -0.39 is 0 Å².